The Kier molecular flexibility index (Phi) is 3.91. The second kappa shape index (κ2) is 5.53. The number of hydrogen-bond acceptors (Lipinski definition) is 2. The van der Waals surface area contributed by atoms with Crippen LogP contribution in [0.15, 0.2) is 16.7 Å². The Labute approximate surface area is 128 Å². The van der Waals surface area contributed by atoms with E-state index in [0.717, 1.165) is 23.3 Å². The van der Waals surface area contributed by atoms with Crippen molar-refractivity contribution in [1.82, 2.24) is 14.4 Å². The Morgan fingerprint density at radius 3 is 2.85 bits per heavy atom. The fourth-order valence-electron chi connectivity index (χ4n) is 3.52. The fourth-order valence-corrected chi connectivity index (χ4v) is 4.04. The number of fused-ring (bicyclic) bond motifs is 1. The molecule has 4 nitrogen and oxygen atoms in total. The van der Waals surface area contributed by atoms with E-state index in [9.17, 15) is 4.79 Å². The summed E-state index contributed by atoms with van der Waals surface area (Å²) in [7, 11) is 1.93. The van der Waals surface area contributed by atoms with E-state index >= 15 is 0 Å². The molecule has 2 unspecified atom stereocenters. The monoisotopic (exact) mass is 339 g/mol. The standard InChI is InChI=1S/C15H22BrN3O/c1-11-8-18-6-4-3-5-13(18)10-19(11)15(20)14-7-12(16)9-17(14)2/h7,9,11,13H,3-6,8,10H2,1-2H3. The van der Waals surface area contributed by atoms with Crippen LogP contribution in [0.3, 0.4) is 0 Å². The second-order valence-electron chi connectivity index (χ2n) is 6.11. The molecule has 2 saturated heterocycles. The molecule has 2 atom stereocenters. The minimum Gasteiger partial charge on any atom is -0.345 e. The number of carbonyl (C=O) groups is 1. The van der Waals surface area contributed by atoms with Gasteiger partial charge in [0.05, 0.1) is 0 Å². The summed E-state index contributed by atoms with van der Waals surface area (Å²) in [6.45, 7) is 5.26. The molecule has 0 N–H and O–H groups in total. The average molecular weight is 340 g/mol. The van der Waals surface area contributed by atoms with E-state index in [0.29, 0.717) is 12.1 Å². The summed E-state index contributed by atoms with van der Waals surface area (Å²) < 4.78 is 2.87. The number of carbonyl (C=O) groups excluding carboxylic acids is 1. The number of nitrogens with zero attached hydrogens (tertiary/aromatic N) is 3. The minimum atomic E-state index is 0.163. The molecular weight excluding hydrogens is 318 g/mol. The molecule has 0 aliphatic carbocycles. The van der Waals surface area contributed by atoms with E-state index in [-0.39, 0.29) is 5.91 Å². The number of halogens is 1. The molecule has 0 radical (unpaired) electrons. The first-order valence-electron chi connectivity index (χ1n) is 7.43. The topological polar surface area (TPSA) is 28.5 Å². The van der Waals surface area contributed by atoms with Gasteiger partial charge in [-0.3, -0.25) is 9.69 Å². The zero-order valence-electron chi connectivity index (χ0n) is 12.2. The van der Waals surface area contributed by atoms with Gasteiger partial charge < -0.3 is 9.47 Å². The highest BCUT2D eigenvalue weighted by Gasteiger charge is 2.36. The minimum absolute atomic E-state index is 0.163. The lowest BCUT2D eigenvalue weighted by molar-refractivity contribution is 0.0146. The van der Waals surface area contributed by atoms with Crippen LogP contribution in [0.25, 0.3) is 0 Å². The van der Waals surface area contributed by atoms with Gasteiger partial charge in [-0.15, -0.1) is 0 Å². The molecule has 1 aromatic rings. The lowest BCUT2D eigenvalue weighted by Gasteiger charge is -2.47. The number of amides is 1. The molecule has 1 amide bonds. The van der Waals surface area contributed by atoms with Crippen LogP contribution in [-0.2, 0) is 7.05 Å². The summed E-state index contributed by atoms with van der Waals surface area (Å²) in [6, 6.07) is 2.78. The highest BCUT2D eigenvalue weighted by Crippen LogP contribution is 2.26. The van der Waals surface area contributed by atoms with E-state index in [2.05, 4.69) is 32.7 Å². The number of piperazine rings is 1. The number of rotatable bonds is 1. The summed E-state index contributed by atoms with van der Waals surface area (Å²) in [5, 5.41) is 0. The van der Waals surface area contributed by atoms with Crippen molar-refractivity contribution in [2.75, 3.05) is 19.6 Å². The number of hydrogen-bond donors (Lipinski definition) is 0. The number of aromatic nitrogens is 1. The molecule has 0 aromatic carbocycles. The van der Waals surface area contributed by atoms with Gasteiger partial charge in [-0.1, -0.05) is 6.42 Å². The third-order valence-electron chi connectivity index (χ3n) is 4.64. The third kappa shape index (κ3) is 2.53. The highest BCUT2D eigenvalue weighted by atomic mass is 79.9. The molecule has 110 valence electrons. The van der Waals surface area contributed by atoms with Gasteiger partial charge in [0.25, 0.3) is 5.91 Å². The Balaban J connectivity index is 1.79. The van der Waals surface area contributed by atoms with Crippen molar-refractivity contribution in [3.05, 3.63) is 22.4 Å². The molecule has 2 aliphatic heterocycles. The lowest BCUT2D eigenvalue weighted by Crippen LogP contribution is -2.60. The molecular formula is C15H22BrN3O. The van der Waals surface area contributed by atoms with E-state index in [1.165, 1.54) is 25.8 Å². The van der Waals surface area contributed by atoms with Crippen molar-refractivity contribution in [2.24, 2.45) is 7.05 Å². The smallest absolute Gasteiger partial charge is 0.270 e. The van der Waals surface area contributed by atoms with Crippen molar-refractivity contribution in [3.8, 4) is 0 Å². The van der Waals surface area contributed by atoms with Crippen LogP contribution >= 0.6 is 15.9 Å². The molecule has 1 aromatic heterocycles. The lowest BCUT2D eigenvalue weighted by atomic mass is 9.97. The van der Waals surface area contributed by atoms with Crippen LogP contribution in [0.5, 0.6) is 0 Å². The summed E-state index contributed by atoms with van der Waals surface area (Å²) in [5.74, 6) is 0.163. The SMILES string of the molecule is CC1CN2CCCCC2CN1C(=O)c1cc(Br)cn1C. The Morgan fingerprint density at radius 2 is 2.15 bits per heavy atom. The maximum Gasteiger partial charge on any atom is 0.270 e. The van der Waals surface area contributed by atoms with Gasteiger partial charge in [-0.25, -0.2) is 0 Å². The van der Waals surface area contributed by atoms with Crippen molar-refractivity contribution < 1.29 is 4.79 Å². The Bertz CT molecular complexity index is 513. The van der Waals surface area contributed by atoms with Crippen LogP contribution in [0.2, 0.25) is 0 Å². The van der Waals surface area contributed by atoms with Gasteiger partial charge in [0.2, 0.25) is 0 Å². The maximum atomic E-state index is 12.8. The largest absolute Gasteiger partial charge is 0.345 e. The van der Waals surface area contributed by atoms with Gasteiger partial charge in [0.15, 0.2) is 0 Å². The zero-order chi connectivity index (χ0) is 14.3. The molecule has 20 heavy (non-hydrogen) atoms. The van der Waals surface area contributed by atoms with Crippen LogP contribution < -0.4 is 0 Å². The highest BCUT2D eigenvalue weighted by molar-refractivity contribution is 9.10. The molecule has 0 bridgehead atoms. The van der Waals surface area contributed by atoms with Gasteiger partial charge in [-0.2, -0.15) is 0 Å². The predicted octanol–water partition coefficient (Wildman–Crippen LogP) is 2.49. The van der Waals surface area contributed by atoms with E-state index in [1.54, 1.807) is 0 Å². The Hall–Kier alpha value is -0.810. The van der Waals surface area contributed by atoms with Gasteiger partial charge in [0, 0.05) is 42.9 Å². The summed E-state index contributed by atoms with van der Waals surface area (Å²) >= 11 is 3.45. The quantitative estimate of drug-likeness (QED) is 0.786. The van der Waals surface area contributed by atoms with Crippen LogP contribution in [0.1, 0.15) is 36.7 Å². The molecule has 0 spiro atoms. The van der Waals surface area contributed by atoms with Gasteiger partial charge in [-0.05, 0) is 48.3 Å². The second-order valence-corrected chi connectivity index (χ2v) is 7.02. The molecule has 3 heterocycles. The third-order valence-corrected chi connectivity index (χ3v) is 5.07. The zero-order valence-corrected chi connectivity index (χ0v) is 13.8. The first-order chi connectivity index (χ1) is 9.56. The average Bonchev–Trinajstić information content (AvgIpc) is 2.76. The number of aryl methyl sites for hydroxylation is 1. The van der Waals surface area contributed by atoms with Crippen molar-refractivity contribution in [3.63, 3.8) is 0 Å². The normalized spacial score (nSPS) is 27.4. The summed E-state index contributed by atoms with van der Waals surface area (Å²) in [5.41, 5.74) is 0.771. The summed E-state index contributed by atoms with van der Waals surface area (Å²) in [6.07, 6.45) is 5.78. The molecule has 2 fully saturated rings. The van der Waals surface area contributed by atoms with Crippen LogP contribution in [0, 0.1) is 0 Å². The van der Waals surface area contributed by atoms with Crippen LogP contribution in [0.4, 0.5) is 0 Å². The predicted molar refractivity (Wildman–Crippen MR) is 82.8 cm³/mol. The van der Waals surface area contributed by atoms with E-state index in [4.69, 9.17) is 0 Å². The Morgan fingerprint density at radius 1 is 1.35 bits per heavy atom. The molecule has 5 heteroatoms. The van der Waals surface area contributed by atoms with Crippen molar-refractivity contribution in [1.29, 1.82) is 0 Å². The van der Waals surface area contributed by atoms with E-state index in [1.807, 2.05) is 23.9 Å². The van der Waals surface area contributed by atoms with Crippen LogP contribution in [-0.4, -0.2) is 52.0 Å². The first-order valence-corrected chi connectivity index (χ1v) is 8.22. The van der Waals surface area contributed by atoms with Gasteiger partial charge in [0.1, 0.15) is 5.69 Å². The first kappa shape index (κ1) is 14.1. The van der Waals surface area contributed by atoms with Crippen molar-refractivity contribution in [2.45, 2.75) is 38.3 Å². The molecule has 0 saturated carbocycles. The molecule has 3 rings (SSSR count). The number of piperidine rings is 1. The van der Waals surface area contributed by atoms with Crippen molar-refractivity contribution >= 4 is 21.8 Å². The summed E-state index contributed by atoms with van der Waals surface area (Å²) in [4.78, 5) is 17.4. The fraction of sp³-hybridized carbons (Fsp3) is 0.667. The maximum absolute atomic E-state index is 12.8. The van der Waals surface area contributed by atoms with E-state index < -0.39 is 0 Å². The van der Waals surface area contributed by atoms with Gasteiger partial charge >= 0.3 is 0 Å². The molecule has 2 aliphatic rings.